The molecule has 1 aromatic rings. The number of rotatable bonds is 2. The Morgan fingerprint density at radius 2 is 2.09 bits per heavy atom. The highest BCUT2D eigenvalue weighted by Gasteiger charge is 2.01. The molecule has 0 spiro atoms. The predicted molar refractivity (Wildman–Crippen MR) is 43.2 cm³/mol. The number of halogens is 1. The minimum atomic E-state index is 0. The molecule has 1 aromatic heterocycles. The first-order valence-corrected chi connectivity index (χ1v) is 3.69. The van der Waals surface area contributed by atoms with Gasteiger partial charge < -0.3 is 0 Å². The van der Waals surface area contributed by atoms with E-state index in [4.69, 9.17) is 0 Å². The maximum absolute atomic E-state index is 2.22. The summed E-state index contributed by atoms with van der Waals surface area (Å²) in [5, 5.41) is 0. The van der Waals surface area contributed by atoms with Crippen LogP contribution in [0.4, 0.5) is 0 Å². The average Bonchev–Trinajstić information content (AvgIpc) is 2.13. The van der Waals surface area contributed by atoms with Gasteiger partial charge in [0.05, 0.1) is 13.6 Å². The van der Waals surface area contributed by atoms with Gasteiger partial charge in [0.1, 0.15) is 12.4 Å². The molecule has 0 unspecified atom stereocenters. The van der Waals surface area contributed by atoms with Gasteiger partial charge in [0.25, 0.3) is 0 Å². The largest absolute Gasteiger partial charge is 0.243 e. The number of hydrogen-bond acceptors (Lipinski definition) is 0. The fourth-order valence-corrected chi connectivity index (χ4v) is 1.03. The van der Waals surface area contributed by atoms with E-state index in [1.165, 1.54) is 0 Å². The van der Waals surface area contributed by atoms with Gasteiger partial charge in [-0.1, -0.05) is 13.8 Å². The van der Waals surface area contributed by atoms with E-state index < -0.39 is 0 Å². The van der Waals surface area contributed by atoms with Crippen molar-refractivity contribution < 1.29 is 28.5 Å². The second kappa shape index (κ2) is 4.74. The Balaban J connectivity index is 0.000001000. The maximum atomic E-state index is 2.22. The number of aromatic nitrogens is 2. The monoisotopic (exact) mass is 268 g/mol. The molecule has 0 fully saturated rings. The zero-order valence-electron chi connectivity index (χ0n) is 7.36. The molecule has 11 heavy (non-hydrogen) atoms. The van der Waals surface area contributed by atoms with Gasteiger partial charge in [-0.15, -0.1) is 0 Å². The van der Waals surface area contributed by atoms with E-state index in [-0.39, 0.29) is 24.0 Å². The topological polar surface area (TPSA) is 8.81 Å². The molecule has 0 saturated heterocycles. The van der Waals surface area contributed by atoms with Crippen LogP contribution in [-0.4, -0.2) is 4.57 Å². The molecule has 0 bridgehead atoms. The highest BCUT2D eigenvalue weighted by atomic mass is 127. The third-order valence-corrected chi connectivity index (χ3v) is 1.40. The summed E-state index contributed by atoms with van der Waals surface area (Å²) >= 11 is 0. The van der Waals surface area contributed by atoms with Crippen LogP contribution in [0.5, 0.6) is 0 Å². The van der Waals surface area contributed by atoms with Gasteiger partial charge in [0, 0.05) is 0 Å². The van der Waals surface area contributed by atoms with Crippen molar-refractivity contribution in [2.24, 2.45) is 13.0 Å². The molecule has 0 aliphatic heterocycles. The van der Waals surface area contributed by atoms with Gasteiger partial charge in [-0.3, -0.25) is 0 Å². The average molecular weight is 268 g/mol. The standard InChI is InChI=1S/C8H15N2.H2I/c1-8(2)6-10-5-4-9(3)7-10;/h4-5,7-8H,6H2,1-3H3;1H2/q2*+1. The Morgan fingerprint density at radius 3 is 2.45 bits per heavy atom. The third-order valence-electron chi connectivity index (χ3n) is 1.40. The molecular weight excluding hydrogens is 251 g/mol. The molecule has 64 valence electrons. The van der Waals surface area contributed by atoms with Crippen molar-refractivity contribution in [1.82, 2.24) is 4.57 Å². The Bertz CT molecular complexity index is 206. The summed E-state index contributed by atoms with van der Waals surface area (Å²) < 4.78 is 4.26. The lowest BCUT2D eigenvalue weighted by Gasteiger charge is -1.97. The molecule has 1 heterocycles. The van der Waals surface area contributed by atoms with Crippen molar-refractivity contribution in [3.63, 3.8) is 0 Å². The highest BCUT2D eigenvalue weighted by molar-refractivity contribution is 4.66. The summed E-state index contributed by atoms with van der Waals surface area (Å²) in [6.07, 6.45) is 6.25. The van der Waals surface area contributed by atoms with E-state index >= 15 is 0 Å². The second-order valence-corrected chi connectivity index (χ2v) is 3.17. The minimum Gasteiger partial charge on any atom is -0.240 e. The van der Waals surface area contributed by atoms with Crippen LogP contribution in [-0.2, 0) is 13.6 Å². The van der Waals surface area contributed by atoms with E-state index in [9.17, 15) is 0 Å². The van der Waals surface area contributed by atoms with Crippen molar-refractivity contribution in [2.45, 2.75) is 20.4 Å². The Kier molecular flexibility index (Phi) is 4.72. The van der Waals surface area contributed by atoms with Gasteiger partial charge in [-0.25, -0.2) is 9.13 Å². The molecular formula is C8H17IN2+2. The molecule has 3 heteroatoms. The molecule has 0 saturated carbocycles. The van der Waals surface area contributed by atoms with E-state index in [2.05, 4.69) is 41.7 Å². The first-order chi connectivity index (χ1) is 4.68. The molecule has 1 rings (SSSR count). The van der Waals surface area contributed by atoms with E-state index in [0.717, 1.165) is 12.5 Å². The molecule has 0 aromatic carbocycles. The molecule has 0 radical (unpaired) electrons. The van der Waals surface area contributed by atoms with Crippen LogP contribution in [0.25, 0.3) is 0 Å². The fourth-order valence-electron chi connectivity index (χ4n) is 1.03. The molecule has 0 aliphatic carbocycles. The molecule has 0 N–H and O–H groups in total. The van der Waals surface area contributed by atoms with Crippen LogP contribution in [0.1, 0.15) is 13.8 Å². The van der Waals surface area contributed by atoms with E-state index in [0.29, 0.717) is 0 Å². The van der Waals surface area contributed by atoms with Crippen LogP contribution in [0, 0.1) is 5.92 Å². The van der Waals surface area contributed by atoms with E-state index in [1.54, 1.807) is 0 Å². The van der Waals surface area contributed by atoms with Crippen LogP contribution in [0.3, 0.4) is 0 Å². The van der Waals surface area contributed by atoms with Crippen molar-refractivity contribution in [2.75, 3.05) is 0 Å². The SMILES string of the molecule is CC(C)Cn1cc[n+](C)c1.[IH2+]. The quantitative estimate of drug-likeness (QED) is 0.412. The predicted octanol–water partition coefficient (Wildman–Crippen LogP) is -2.56. The summed E-state index contributed by atoms with van der Waals surface area (Å²) in [5.74, 6) is 0.729. The molecule has 0 aliphatic rings. The Morgan fingerprint density at radius 1 is 1.45 bits per heavy atom. The summed E-state index contributed by atoms with van der Waals surface area (Å²) in [6.45, 7) is 5.56. The first kappa shape index (κ1) is 10.9. The zero-order chi connectivity index (χ0) is 7.56. The normalized spacial score (nSPS) is 9.82. The second-order valence-electron chi connectivity index (χ2n) is 3.17. The van der Waals surface area contributed by atoms with Crippen LogP contribution in [0.2, 0.25) is 0 Å². The van der Waals surface area contributed by atoms with Crippen molar-refractivity contribution in [1.29, 1.82) is 0 Å². The lowest BCUT2D eigenvalue weighted by molar-refractivity contribution is -0.671. The van der Waals surface area contributed by atoms with Gasteiger partial charge in [0.15, 0.2) is 0 Å². The van der Waals surface area contributed by atoms with Crippen molar-refractivity contribution in [3.8, 4) is 0 Å². The lowest BCUT2D eigenvalue weighted by atomic mass is 10.2. The summed E-state index contributed by atoms with van der Waals surface area (Å²) in [7, 11) is 2.04. The van der Waals surface area contributed by atoms with Gasteiger partial charge >= 0.3 is 0 Å². The Labute approximate surface area is 85.2 Å². The van der Waals surface area contributed by atoms with Crippen molar-refractivity contribution in [3.05, 3.63) is 18.7 Å². The molecule has 2 nitrogen and oxygen atoms in total. The Hall–Kier alpha value is -0.0600. The maximum Gasteiger partial charge on any atom is 0.243 e. The zero-order valence-corrected chi connectivity index (χ0v) is 9.91. The lowest BCUT2D eigenvalue weighted by Crippen LogP contribution is -3.00. The number of nitrogens with zero attached hydrogens (tertiary/aromatic N) is 2. The van der Waals surface area contributed by atoms with Crippen molar-refractivity contribution >= 4 is 0 Å². The van der Waals surface area contributed by atoms with Gasteiger partial charge in [-0.2, -0.15) is 0 Å². The molecule has 0 atom stereocenters. The smallest absolute Gasteiger partial charge is 0.240 e. The van der Waals surface area contributed by atoms with Crippen LogP contribution >= 0.6 is 0 Å². The summed E-state index contributed by atoms with van der Waals surface area (Å²) in [5.41, 5.74) is 0. The molecule has 0 amide bonds. The van der Waals surface area contributed by atoms with Crippen LogP contribution < -0.4 is 28.5 Å². The van der Waals surface area contributed by atoms with Crippen LogP contribution in [0.15, 0.2) is 18.7 Å². The fraction of sp³-hybridized carbons (Fsp3) is 0.625. The number of imidazole rings is 1. The van der Waals surface area contributed by atoms with E-state index in [1.807, 2.05) is 7.05 Å². The minimum absolute atomic E-state index is 0. The van der Waals surface area contributed by atoms with Gasteiger partial charge in [0.2, 0.25) is 30.3 Å². The van der Waals surface area contributed by atoms with Gasteiger partial charge in [-0.05, 0) is 5.92 Å². The third kappa shape index (κ3) is 3.74. The number of hydrogen-bond donors (Lipinski definition) is 0. The first-order valence-electron chi connectivity index (χ1n) is 3.69. The number of aryl methyl sites for hydroxylation is 1. The summed E-state index contributed by atoms with van der Waals surface area (Å²) in [6, 6.07) is 0. The summed E-state index contributed by atoms with van der Waals surface area (Å²) in [4.78, 5) is 0. The highest BCUT2D eigenvalue weighted by Crippen LogP contribution is 1.95.